The van der Waals surface area contributed by atoms with E-state index >= 15 is 0 Å². The number of hydrogen-bond acceptors (Lipinski definition) is 1. The summed E-state index contributed by atoms with van der Waals surface area (Å²) in [5.74, 6) is 0. The average Bonchev–Trinajstić information content (AvgIpc) is 2.85. The number of ether oxygens (including phenoxy) is 1. The van der Waals surface area contributed by atoms with Gasteiger partial charge in [-0.2, -0.15) is 0 Å². The van der Waals surface area contributed by atoms with Gasteiger partial charge in [0.05, 0.1) is 0 Å². The maximum atomic E-state index is 6.32. The van der Waals surface area contributed by atoms with Gasteiger partial charge in [-0.25, -0.2) is 0 Å². The molecule has 0 spiro atoms. The molecule has 1 saturated heterocycles. The standard InChI is InChI=1S/C31H64GeO/c1-3-5-7-9-11-13-15-17-19-21-24-28-32(31-27-23-26-30-33-31)29-25-22-20-18-16-14-12-10-8-6-4-2/h31-32H,3-30H2,1-2H3. The third-order valence-corrected chi connectivity index (χ3v) is 16.2. The van der Waals surface area contributed by atoms with Crippen molar-refractivity contribution in [2.45, 2.75) is 190 Å². The topological polar surface area (TPSA) is 9.23 Å². The Morgan fingerprint density at radius 1 is 0.485 bits per heavy atom. The van der Waals surface area contributed by atoms with Gasteiger partial charge in [0, 0.05) is 0 Å². The quantitative estimate of drug-likeness (QED) is 0.0851. The molecule has 1 fully saturated rings. The van der Waals surface area contributed by atoms with Crippen molar-refractivity contribution in [1.29, 1.82) is 0 Å². The van der Waals surface area contributed by atoms with Crippen LogP contribution in [0.3, 0.4) is 0 Å². The molecule has 0 aromatic carbocycles. The monoisotopic (exact) mass is 526 g/mol. The number of rotatable bonds is 25. The second-order valence-electron chi connectivity index (χ2n) is 11.3. The summed E-state index contributed by atoms with van der Waals surface area (Å²) in [6.45, 7) is 5.70. The Labute approximate surface area is 215 Å². The molecule has 33 heavy (non-hydrogen) atoms. The third kappa shape index (κ3) is 20.4. The SMILES string of the molecule is CCCCCCCCCCCC[CH2][GeH]([CH2]CCCCCCCCCCCC)[CH]1CCCCO1. The van der Waals surface area contributed by atoms with Crippen molar-refractivity contribution >= 4 is 14.3 Å². The van der Waals surface area contributed by atoms with Crippen LogP contribution in [0, 0.1) is 0 Å². The predicted octanol–water partition coefficient (Wildman–Crippen LogP) is 10.9. The molecule has 1 atom stereocenters. The van der Waals surface area contributed by atoms with Crippen LogP contribution >= 0.6 is 0 Å². The molecule has 0 saturated carbocycles. The van der Waals surface area contributed by atoms with Crippen LogP contribution in [0.5, 0.6) is 0 Å². The van der Waals surface area contributed by atoms with Crippen molar-refractivity contribution in [3.63, 3.8) is 0 Å². The van der Waals surface area contributed by atoms with Crippen LogP contribution in [0.15, 0.2) is 0 Å². The number of hydrogen-bond donors (Lipinski definition) is 0. The second kappa shape index (κ2) is 25.6. The first-order valence-corrected chi connectivity index (χ1v) is 20.8. The van der Waals surface area contributed by atoms with Crippen molar-refractivity contribution in [2.75, 3.05) is 6.61 Å². The van der Waals surface area contributed by atoms with Gasteiger partial charge in [-0.1, -0.05) is 13.8 Å². The first-order chi connectivity index (χ1) is 16.4. The molecule has 1 aliphatic rings. The first kappa shape index (κ1) is 31.5. The van der Waals surface area contributed by atoms with E-state index in [1.54, 1.807) is 10.5 Å². The van der Waals surface area contributed by atoms with Crippen LogP contribution in [0.2, 0.25) is 10.5 Å². The van der Waals surface area contributed by atoms with E-state index in [0.717, 1.165) is 11.5 Å². The summed E-state index contributed by atoms with van der Waals surface area (Å²) in [7, 11) is 0. The van der Waals surface area contributed by atoms with E-state index in [1.165, 1.54) is 161 Å². The molecular formula is C31H64GeO. The van der Waals surface area contributed by atoms with Gasteiger partial charge in [0.2, 0.25) is 0 Å². The maximum absolute atomic E-state index is 6.32. The number of unbranched alkanes of at least 4 members (excludes halogenated alkanes) is 20. The Hall–Kier alpha value is 0.503. The molecule has 0 N–H and O–H groups in total. The molecule has 198 valence electrons. The molecule has 0 amide bonds. The van der Waals surface area contributed by atoms with Gasteiger partial charge in [0.25, 0.3) is 0 Å². The molecule has 0 aromatic rings. The molecule has 1 nitrogen and oxygen atoms in total. The fourth-order valence-corrected chi connectivity index (χ4v) is 13.7. The van der Waals surface area contributed by atoms with Crippen molar-refractivity contribution in [1.82, 2.24) is 0 Å². The third-order valence-electron chi connectivity index (χ3n) is 8.10. The summed E-state index contributed by atoms with van der Waals surface area (Å²) in [4.78, 5) is 0.775. The van der Waals surface area contributed by atoms with E-state index in [-0.39, 0.29) is 0 Å². The molecule has 0 radical (unpaired) electrons. The zero-order valence-electron chi connectivity index (χ0n) is 23.4. The molecule has 0 aliphatic carbocycles. The summed E-state index contributed by atoms with van der Waals surface area (Å²) < 4.78 is 6.32. The van der Waals surface area contributed by atoms with Gasteiger partial charge in [-0.05, 0) is 0 Å². The van der Waals surface area contributed by atoms with E-state index < -0.39 is 14.3 Å². The Morgan fingerprint density at radius 2 is 0.848 bits per heavy atom. The molecule has 0 aromatic heterocycles. The normalized spacial score (nSPS) is 16.6. The average molecular weight is 525 g/mol. The summed E-state index contributed by atoms with van der Waals surface area (Å²) in [5, 5.41) is 3.24. The van der Waals surface area contributed by atoms with Crippen LogP contribution in [0.25, 0.3) is 0 Å². The molecule has 0 bridgehead atoms. The summed E-state index contributed by atoms with van der Waals surface area (Å²) >= 11 is -1.24. The van der Waals surface area contributed by atoms with Gasteiger partial charge in [0.1, 0.15) is 0 Å². The Kier molecular flexibility index (Phi) is 24.5. The van der Waals surface area contributed by atoms with E-state index in [2.05, 4.69) is 13.8 Å². The van der Waals surface area contributed by atoms with E-state index in [9.17, 15) is 0 Å². The first-order valence-electron chi connectivity index (χ1n) is 16.0. The van der Waals surface area contributed by atoms with Gasteiger partial charge >= 0.3 is 202 Å². The van der Waals surface area contributed by atoms with Crippen LogP contribution in [0.1, 0.15) is 174 Å². The Bertz CT molecular complexity index is 340. The molecule has 1 rings (SSSR count). The molecule has 2 heteroatoms. The minimum absolute atomic E-state index is 0.775. The van der Waals surface area contributed by atoms with Crippen molar-refractivity contribution in [3.8, 4) is 0 Å². The van der Waals surface area contributed by atoms with Gasteiger partial charge in [0.15, 0.2) is 0 Å². The van der Waals surface area contributed by atoms with Crippen LogP contribution < -0.4 is 0 Å². The summed E-state index contributed by atoms with van der Waals surface area (Å²) in [5.41, 5.74) is 0. The van der Waals surface area contributed by atoms with E-state index in [4.69, 9.17) is 4.74 Å². The van der Waals surface area contributed by atoms with Crippen LogP contribution in [-0.4, -0.2) is 25.9 Å². The van der Waals surface area contributed by atoms with Crippen LogP contribution in [-0.2, 0) is 4.74 Å². The molecule has 1 aliphatic heterocycles. The fourth-order valence-electron chi connectivity index (χ4n) is 5.80. The summed E-state index contributed by atoms with van der Waals surface area (Å²) in [6.07, 6.45) is 36.6. The van der Waals surface area contributed by atoms with Gasteiger partial charge in [-0.15, -0.1) is 0 Å². The van der Waals surface area contributed by atoms with E-state index in [0.29, 0.717) is 0 Å². The van der Waals surface area contributed by atoms with Gasteiger partial charge in [-0.3, -0.25) is 0 Å². The zero-order valence-corrected chi connectivity index (χ0v) is 25.8. The zero-order chi connectivity index (χ0) is 23.7. The second-order valence-corrected chi connectivity index (χ2v) is 18.5. The van der Waals surface area contributed by atoms with Crippen molar-refractivity contribution in [3.05, 3.63) is 0 Å². The Morgan fingerprint density at radius 3 is 1.18 bits per heavy atom. The fraction of sp³-hybridized carbons (Fsp3) is 1.00. The van der Waals surface area contributed by atoms with Crippen LogP contribution in [0.4, 0.5) is 0 Å². The predicted molar refractivity (Wildman–Crippen MR) is 153 cm³/mol. The molecular weight excluding hydrogens is 461 g/mol. The Balaban J connectivity index is 2.02. The van der Waals surface area contributed by atoms with Gasteiger partial charge < -0.3 is 0 Å². The minimum atomic E-state index is -1.24. The van der Waals surface area contributed by atoms with Crippen molar-refractivity contribution < 1.29 is 4.74 Å². The molecule has 1 unspecified atom stereocenters. The summed E-state index contributed by atoms with van der Waals surface area (Å²) in [6, 6.07) is 0. The van der Waals surface area contributed by atoms with E-state index in [1.807, 2.05) is 0 Å². The van der Waals surface area contributed by atoms with Crippen molar-refractivity contribution in [2.24, 2.45) is 0 Å². The molecule has 1 heterocycles.